The van der Waals surface area contributed by atoms with E-state index < -0.39 is 0 Å². The Morgan fingerprint density at radius 1 is 0.905 bits per heavy atom. The lowest BCUT2D eigenvalue weighted by Gasteiger charge is -2.07. The molecule has 2 rings (SSSR count). The summed E-state index contributed by atoms with van der Waals surface area (Å²) in [6.07, 6.45) is 6.23. The van der Waals surface area contributed by atoms with Gasteiger partial charge in [-0.2, -0.15) is 0 Å². The summed E-state index contributed by atoms with van der Waals surface area (Å²) in [4.78, 5) is 0. The number of aryl methyl sites for hydroxylation is 1. The predicted molar refractivity (Wildman–Crippen MR) is 86.2 cm³/mol. The molecular formula is C19H23FO. The first kappa shape index (κ1) is 15.6. The number of benzene rings is 2. The number of methoxy groups -OCH3 is 1. The zero-order chi connectivity index (χ0) is 15.1. The van der Waals surface area contributed by atoms with Gasteiger partial charge in [0.25, 0.3) is 0 Å². The van der Waals surface area contributed by atoms with Gasteiger partial charge in [0, 0.05) is 0 Å². The summed E-state index contributed by atoms with van der Waals surface area (Å²) in [5, 5.41) is 0. The van der Waals surface area contributed by atoms with Crippen molar-refractivity contribution in [3.63, 3.8) is 0 Å². The molecule has 0 atom stereocenters. The molecule has 0 aliphatic heterocycles. The number of halogens is 1. The third-order valence-corrected chi connectivity index (χ3v) is 3.76. The molecule has 21 heavy (non-hydrogen) atoms. The molecule has 0 amide bonds. The number of rotatable bonds is 7. The van der Waals surface area contributed by atoms with E-state index in [0.717, 1.165) is 17.5 Å². The van der Waals surface area contributed by atoms with Crippen LogP contribution in [0.1, 0.15) is 38.2 Å². The van der Waals surface area contributed by atoms with Crippen LogP contribution in [0, 0.1) is 5.82 Å². The lowest BCUT2D eigenvalue weighted by Crippen LogP contribution is -1.89. The molecule has 0 aromatic heterocycles. The highest BCUT2D eigenvalue weighted by molar-refractivity contribution is 5.64. The third-order valence-electron chi connectivity index (χ3n) is 3.76. The van der Waals surface area contributed by atoms with Crippen LogP contribution in [0.3, 0.4) is 0 Å². The predicted octanol–water partition coefficient (Wildman–Crippen LogP) is 5.62. The van der Waals surface area contributed by atoms with E-state index in [9.17, 15) is 4.39 Å². The summed E-state index contributed by atoms with van der Waals surface area (Å²) in [5.74, 6) is -0.0371. The van der Waals surface area contributed by atoms with Crippen molar-refractivity contribution in [2.75, 3.05) is 7.11 Å². The molecule has 0 unspecified atom stereocenters. The summed E-state index contributed by atoms with van der Waals surface area (Å²) < 4.78 is 18.7. The van der Waals surface area contributed by atoms with Crippen LogP contribution in [0.25, 0.3) is 11.1 Å². The molecule has 0 bridgehead atoms. The smallest absolute Gasteiger partial charge is 0.165 e. The van der Waals surface area contributed by atoms with Gasteiger partial charge in [-0.05, 0) is 41.7 Å². The molecule has 2 heteroatoms. The minimum atomic E-state index is -0.321. The van der Waals surface area contributed by atoms with Crippen molar-refractivity contribution in [3.05, 3.63) is 53.8 Å². The quantitative estimate of drug-likeness (QED) is 0.600. The van der Waals surface area contributed by atoms with Gasteiger partial charge >= 0.3 is 0 Å². The third kappa shape index (κ3) is 4.32. The first-order valence-corrected chi connectivity index (χ1v) is 7.67. The van der Waals surface area contributed by atoms with E-state index in [-0.39, 0.29) is 11.6 Å². The lowest BCUT2D eigenvalue weighted by atomic mass is 10.0. The van der Waals surface area contributed by atoms with Gasteiger partial charge in [-0.25, -0.2) is 4.39 Å². The molecule has 112 valence electrons. The van der Waals surface area contributed by atoms with Gasteiger partial charge in [0.2, 0.25) is 0 Å². The fraction of sp³-hybridized carbons (Fsp3) is 0.368. The fourth-order valence-electron chi connectivity index (χ4n) is 2.47. The molecule has 0 fully saturated rings. The van der Waals surface area contributed by atoms with Gasteiger partial charge in [0.05, 0.1) is 7.11 Å². The van der Waals surface area contributed by atoms with Crippen LogP contribution in [-0.2, 0) is 6.42 Å². The summed E-state index contributed by atoms with van der Waals surface area (Å²) >= 11 is 0. The number of hydrogen-bond donors (Lipinski definition) is 0. The van der Waals surface area contributed by atoms with Crippen LogP contribution in [-0.4, -0.2) is 7.11 Å². The minimum absolute atomic E-state index is 0.284. The Balaban J connectivity index is 2.03. The van der Waals surface area contributed by atoms with E-state index in [4.69, 9.17) is 4.74 Å². The maximum atomic E-state index is 13.7. The maximum absolute atomic E-state index is 13.7. The summed E-state index contributed by atoms with van der Waals surface area (Å²) in [6.45, 7) is 2.22. The average Bonchev–Trinajstić information content (AvgIpc) is 2.52. The van der Waals surface area contributed by atoms with Crippen LogP contribution in [0.15, 0.2) is 42.5 Å². The van der Waals surface area contributed by atoms with E-state index >= 15 is 0 Å². The van der Waals surface area contributed by atoms with Crippen molar-refractivity contribution in [1.29, 1.82) is 0 Å². The second-order valence-electron chi connectivity index (χ2n) is 5.36. The molecule has 0 radical (unpaired) electrons. The van der Waals surface area contributed by atoms with Gasteiger partial charge in [-0.15, -0.1) is 0 Å². The summed E-state index contributed by atoms with van der Waals surface area (Å²) in [5.41, 5.74) is 3.27. The number of hydrogen-bond acceptors (Lipinski definition) is 1. The highest BCUT2D eigenvalue weighted by atomic mass is 19.1. The standard InChI is InChI=1S/C19H23FO/c1-3-4-5-6-7-15-8-10-16(11-9-15)17-12-13-19(21-2)18(20)14-17/h8-14H,3-7H2,1-2H3. The maximum Gasteiger partial charge on any atom is 0.165 e. The second-order valence-corrected chi connectivity index (χ2v) is 5.36. The van der Waals surface area contributed by atoms with Gasteiger partial charge in [-0.1, -0.05) is 56.5 Å². The van der Waals surface area contributed by atoms with Crippen molar-refractivity contribution in [2.24, 2.45) is 0 Å². The van der Waals surface area contributed by atoms with Gasteiger partial charge in [0.15, 0.2) is 11.6 Å². The molecule has 0 saturated carbocycles. The molecule has 2 aromatic rings. The van der Waals surface area contributed by atoms with Crippen molar-refractivity contribution >= 4 is 0 Å². The zero-order valence-electron chi connectivity index (χ0n) is 12.9. The Labute approximate surface area is 126 Å². The van der Waals surface area contributed by atoms with E-state index in [1.54, 1.807) is 6.07 Å². The Hall–Kier alpha value is -1.83. The highest BCUT2D eigenvalue weighted by Gasteiger charge is 2.05. The Kier molecular flexibility index (Phi) is 5.79. The molecule has 1 nitrogen and oxygen atoms in total. The largest absolute Gasteiger partial charge is 0.494 e. The van der Waals surface area contributed by atoms with Crippen molar-refractivity contribution in [2.45, 2.75) is 39.0 Å². The molecule has 0 heterocycles. The van der Waals surface area contributed by atoms with Crippen LogP contribution < -0.4 is 4.74 Å². The van der Waals surface area contributed by atoms with E-state index in [1.807, 2.05) is 6.07 Å². The minimum Gasteiger partial charge on any atom is -0.494 e. The van der Waals surface area contributed by atoms with Crippen molar-refractivity contribution in [1.82, 2.24) is 0 Å². The summed E-state index contributed by atoms with van der Waals surface area (Å²) in [6, 6.07) is 13.5. The molecule has 0 aliphatic carbocycles. The van der Waals surface area contributed by atoms with Crippen LogP contribution in [0.5, 0.6) is 5.75 Å². The van der Waals surface area contributed by atoms with Gasteiger partial charge in [0.1, 0.15) is 0 Å². The first-order chi connectivity index (χ1) is 10.2. The van der Waals surface area contributed by atoms with Crippen molar-refractivity contribution in [3.8, 4) is 16.9 Å². The topological polar surface area (TPSA) is 9.23 Å². The Morgan fingerprint density at radius 3 is 2.24 bits per heavy atom. The van der Waals surface area contributed by atoms with Crippen molar-refractivity contribution < 1.29 is 9.13 Å². The number of unbranched alkanes of at least 4 members (excludes halogenated alkanes) is 3. The Bertz CT molecular complexity index is 560. The molecule has 0 N–H and O–H groups in total. The van der Waals surface area contributed by atoms with E-state index in [0.29, 0.717) is 0 Å². The molecular weight excluding hydrogens is 263 g/mol. The Morgan fingerprint density at radius 2 is 1.62 bits per heavy atom. The SMILES string of the molecule is CCCCCCc1ccc(-c2ccc(OC)c(F)c2)cc1. The van der Waals surface area contributed by atoms with E-state index in [1.165, 1.54) is 44.4 Å². The van der Waals surface area contributed by atoms with Crippen LogP contribution >= 0.6 is 0 Å². The van der Waals surface area contributed by atoms with Crippen LogP contribution in [0.4, 0.5) is 4.39 Å². The van der Waals surface area contributed by atoms with Gasteiger partial charge in [-0.3, -0.25) is 0 Å². The lowest BCUT2D eigenvalue weighted by molar-refractivity contribution is 0.386. The monoisotopic (exact) mass is 286 g/mol. The molecule has 0 saturated heterocycles. The molecule has 0 spiro atoms. The van der Waals surface area contributed by atoms with E-state index in [2.05, 4.69) is 31.2 Å². The first-order valence-electron chi connectivity index (χ1n) is 7.67. The number of ether oxygens (including phenoxy) is 1. The molecule has 2 aromatic carbocycles. The highest BCUT2D eigenvalue weighted by Crippen LogP contribution is 2.26. The zero-order valence-corrected chi connectivity index (χ0v) is 12.9. The summed E-state index contributed by atoms with van der Waals surface area (Å²) in [7, 11) is 1.48. The second kappa shape index (κ2) is 7.82. The average molecular weight is 286 g/mol. The van der Waals surface area contributed by atoms with Gasteiger partial charge < -0.3 is 4.74 Å². The normalized spacial score (nSPS) is 10.6. The van der Waals surface area contributed by atoms with Crippen LogP contribution in [0.2, 0.25) is 0 Å². The fourth-order valence-corrected chi connectivity index (χ4v) is 2.47. The molecule has 0 aliphatic rings.